The van der Waals surface area contributed by atoms with Crippen LogP contribution in [0.5, 0.6) is 0 Å². The number of benzene rings is 1. The number of carbonyl (C=O) groups is 2. The fraction of sp³-hybridized carbons (Fsp3) is 0.500. The number of rotatable bonds is 1. The van der Waals surface area contributed by atoms with E-state index in [1.54, 1.807) is 0 Å². The van der Waals surface area contributed by atoms with Crippen LogP contribution in [0.2, 0.25) is 0 Å². The van der Waals surface area contributed by atoms with Gasteiger partial charge in [0.1, 0.15) is 0 Å². The molecule has 0 bridgehead atoms. The van der Waals surface area contributed by atoms with Crippen molar-refractivity contribution in [3.63, 3.8) is 0 Å². The molecule has 1 aromatic carbocycles. The highest BCUT2D eigenvalue weighted by molar-refractivity contribution is 14.1. The van der Waals surface area contributed by atoms with Crippen molar-refractivity contribution in [2.75, 3.05) is 26.2 Å². The molecule has 1 aliphatic heterocycles. The zero-order chi connectivity index (χ0) is 15.6. The third-order valence-corrected chi connectivity index (χ3v) is 4.54. The molecule has 0 aromatic heterocycles. The maximum Gasteiger partial charge on any atom is 0.255 e. The van der Waals surface area contributed by atoms with Gasteiger partial charge < -0.3 is 9.80 Å². The first kappa shape index (κ1) is 16.3. The van der Waals surface area contributed by atoms with Crippen LogP contribution >= 0.6 is 22.6 Å². The van der Waals surface area contributed by atoms with Gasteiger partial charge in [0.05, 0.1) is 5.56 Å². The highest BCUT2D eigenvalue weighted by atomic mass is 127. The van der Waals surface area contributed by atoms with Gasteiger partial charge in [-0.15, -0.1) is 0 Å². The second-order valence-corrected chi connectivity index (χ2v) is 7.48. The molecule has 0 atom stereocenters. The van der Waals surface area contributed by atoms with Gasteiger partial charge in [-0.2, -0.15) is 0 Å². The summed E-state index contributed by atoms with van der Waals surface area (Å²) in [6.45, 7) is 8.23. The second kappa shape index (κ2) is 6.34. The van der Waals surface area contributed by atoms with E-state index in [1.807, 2.05) is 54.8 Å². The highest BCUT2D eigenvalue weighted by Crippen LogP contribution is 2.20. The first-order valence-corrected chi connectivity index (χ1v) is 8.22. The SMILES string of the molecule is CC(C)(C)C(=O)N1CCN(C(=O)c2ccccc2I)CC1. The molecule has 0 N–H and O–H groups in total. The molecule has 1 aliphatic rings. The van der Waals surface area contributed by atoms with Crippen molar-refractivity contribution in [2.45, 2.75) is 20.8 Å². The summed E-state index contributed by atoms with van der Waals surface area (Å²) in [6.07, 6.45) is 0. The second-order valence-electron chi connectivity index (χ2n) is 6.31. The largest absolute Gasteiger partial charge is 0.339 e. The Labute approximate surface area is 139 Å². The quantitative estimate of drug-likeness (QED) is 0.681. The molecule has 0 radical (unpaired) electrons. The normalized spacial score (nSPS) is 16.0. The summed E-state index contributed by atoms with van der Waals surface area (Å²) < 4.78 is 0.966. The molecule has 5 heteroatoms. The lowest BCUT2D eigenvalue weighted by Gasteiger charge is -2.37. The molecule has 1 aromatic rings. The van der Waals surface area contributed by atoms with E-state index >= 15 is 0 Å². The van der Waals surface area contributed by atoms with Crippen LogP contribution in [0.25, 0.3) is 0 Å². The highest BCUT2D eigenvalue weighted by Gasteiger charge is 2.31. The van der Waals surface area contributed by atoms with Crippen molar-refractivity contribution >= 4 is 34.4 Å². The fourth-order valence-electron chi connectivity index (χ4n) is 2.39. The standard InChI is InChI=1S/C16H21IN2O2/c1-16(2,3)15(21)19-10-8-18(9-11-19)14(20)12-6-4-5-7-13(12)17/h4-7H,8-11H2,1-3H3. The molecule has 4 nitrogen and oxygen atoms in total. The van der Waals surface area contributed by atoms with E-state index in [9.17, 15) is 9.59 Å². The molecular weight excluding hydrogens is 379 g/mol. The molecular formula is C16H21IN2O2. The summed E-state index contributed by atoms with van der Waals surface area (Å²) >= 11 is 2.18. The molecule has 0 aliphatic carbocycles. The summed E-state index contributed by atoms with van der Waals surface area (Å²) in [6, 6.07) is 7.61. The lowest BCUT2D eigenvalue weighted by atomic mass is 9.94. The molecule has 1 saturated heterocycles. The number of piperazine rings is 1. The van der Waals surface area contributed by atoms with Crippen molar-refractivity contribution in [1.29, 1.82) is 0 Å². The van der Waals surface area contributed by atoms with Crippen LogP contribution in [-0.2, 0) is 4.79 Å². The lowest BCUT2D eigenvalue weighted by molar-refractivity contribution is -0.140. The van der Waals surface area contributed by atoms with Gasteiger partial charge >= 0.3 is 0 Å². The molecule has 0 unspecified atom stereocenters. The van der Waals surface area contributed by atoms with Gasteiger partial charge in [-0.1, -0.05) is 32.9 Å². The van der Waals surface area contributed by atoms with Crippen molar-refractivity contribution in [3.8, 4) is 0 Å². The number of hydrogen-bond acceptors (Lipinski definition) is 2. The van der Waals surface area contributed by atoms with E-state index in [0.717, 1.165) is 9.13 Å². The van der Waals surface area contributed by atoms with Crippen LogP contribution in [0.4, 0.5) is 0 Å². The zero-order valence-electron chi connectivity index (χ0n) is 12.7. The van der Waals surface area contributed by atoms with E-state index < -0.39 is 0 Å². The predicted molar refractivity (Wildman–Crippen MR) is 91.1 cm³/mol. The van der Waals surface area contributed by atoms with Gasteiger partial charge in [-0.3, -0.25) is 9.59 Å². The Morgan fingerprint density at radius 1 is 1.00 bits per heavy atom. The van der Waals surface area contributed by atoms with Gasteiger partial charge in [-0.25, -0.2) is 0 Å². The van der Waals surface area contributed by atoms with Gasteiger partial charge in [0.15, 0.2) is 0 Å². The van der Waals surface area contributed by atoms with Crippen molar-refractivity contribution in [1.82, 2.24) is 9.80 Å². The molecule has 2 rings (SSSR count). The van der Waals surface area contributed by atoms with Gasteiger partial charge in [-0.05, 0) is 34.7 Å². The third kappa shape index (κ3) is 3.75. The van der Waals surface area contributed by atoms with Crippen molar-refractivity contribution in [2.24, 2.45) is 5.41 Å². The van der Waals surface area contributed by atoms with E-state index in [4.69, 9.17) is 0 Å². The number of halogens is 1. The predicted octanol–water partition coefficient (Wildman–Crippen LogP) is 2.62. The van der Waals surface area contributed by atoms with E-state index in [2.05, 4.69) is 22.6 Å². The van der Waals surface area contributed by atoms with Crippen LogP contribution in [-0.4, -0.2) is 47.8 Å². The first-order chi connectivity index (χ1) is 9.80. The Kier molecular flexibility index (Phi) is 4.91. The summed E-state index contributed by atoms with van der Waals surface area (Å²) in [5, 5.41) is 0. The number of nitrogens with zero attached hydrogens (tertiary/aromatic N) is 2. The van der Waals surface area contributed by atoms with Crippen LogP contribution in [0, 0.1) is 8.99 Å². The summed E-state index contributed by atoms with van der Waals surface area (Å²) in [4.78, 5) is 28.5. The molecule has 114 valence electrons. The molecule has 2 amide bonds. The minimum absolute atomic E-state index is 0.0582. The van der Waals surface area contributed by atoms with Crippen LogP contribution in [0.3, 0.4) is 0 Å². The lowest BCUT2D eigenvalue weighted by Crippen LogP contribution is -2.53. The topological polar surface area (TPSA) is 40.6 Å². The van der Waals surface area contributed by atoms with Gasteiger partial charge in [0.2, 0.25) is 5.91 Å². The number of amides is 2. The van der Waals surface area contributed by atoms with Crippen LogP contribution in [0.15, 0.2) is 24.3 Å². The van der Waals surface area contributed by atoms with Gasteiger partial charge in [0, 0.05) is 35.2 Å². The summed E-state index contributed by atoms with van der Waals surface area (Å²) in [7, 11) is 0. The van der Waals surface area contributed by atoms with Gasteiger partial charge in [0.25, 0.3) is 5.91 Å². The Balaban J connectivity index is 2.00. The number of carbonyl (C=O) groups excluding carboxylic acids is 2. The maximum atomic E-state index is 12.5. The molecule has 0 spiro atoms. The molecule has 21 heavy (non-hydrogen) atoms. The van der Waals surface area contributed by atoms with E-state index in [0.29, 0.717) is 26.2 Å². The van der Waals surface area contributed by atoms with E-state index in [-0.39, 0.29) is 17.2 Å². The Morgan fingerprint density at radius 3 is 2.05 bits per heavy atom. The monoisotopic (exact) mass is 400 g/mol. The maximum absolute atomic E-state index is 12.5. The van der Waals surface area contributed by atoms with Crippen molar-refractivity contribution in [3.05, 3.63) is 33.4 Å². The molecule has 1 heterocycles. The Hall–Kier alpha value is -1.11. The Morgan fingerprint density at radius 2 is 1.52 bits per heavy atom. The van der Waals surface area contributed by atoms with Crippen molar-refractivity contribution < 1.29 is 9.59 Å². The average Bonchev–Trinajstić information content (AvgIpc) is 2.45. The number of hydrogen-bond donors (Lipinski definition) is 0. The van der Waals surface area contributed by atoms with Crippen LogP contribution in [0.1, 0.15) is 31.1 Å². The first-order valence-electron chi connectivity index (χ1n) is 7.14. The molecule has 1 fully saturated rings. The third-order valence-electron chi connectivity index (χ3n) is 3.60. The zero-order valence-corrected chi connectivity index (χ0v) is 14.9. The van der Waals surface area contributed by atoms with Crippen LogP contribution < -0.4 is 0 Å². The minimum Gasteiger partial charge on any atom is -0.339 e. The smallest absolute Gasteiger partial charge is 0.255 e. The minimum atomic E-state index is -0.360. The summed E-state index contributed by atoms with van der Waals surface area (Å²) in [5.41, 5.74) is 0.384. The van der Waals surface area contributed by atoms with E-state index in [1.165, 1.54) is 0 Å². The fourth-order valence-corrected chi connectivity index (χ4v) is 3.01. The Bertz CT molecular complexity index is 543. The molecule has 0 saturated carbocycles. The average molecular weight is 400 g/mol. The summed E-state index contributed by atoms with van der Waals surface area (Å²) in [5.74, 6) is 0.215.